The van der Waals surface area contributed by atoms with Gasteiger partial charge in [-0.1, -0.05) is 20.8 Å². The quantitative estimate of drug-likeness (QED) is 0.662. The number of carboxylic acid groups (broad SMARTS) is 1. The summed E-state index contributed by atoms with van der Waals surface area (Å²) in [5.41, 5.74) is 5.32. The molecule has 5 heteroatoms. The highest BCUT2D eigenvalue weighted by Gasteiger charge is 2.34. The van der Waals surface area contributed by atoms with Gasteiger partial charge in [-0.05, 0) is 24.2 Å². The molecular weight excluding hydrogens is 220 g/mol. The molecule has 1 saturated carbocycles. The summed E-state index contributed by atoms with van der Waals surface area (Å²) in [5, 5.41) is 11.6. The summed E-state index contributed by atoms with van der Waals surface area (Å²) >= 11 is 0. The van der Waals surface area contributed by atoms with E-state index in [1.165, 1.54) is 0 Å². The Kier molecular flexibility index (Phi) is 4.14. The van der Waals surface area contributed by atoms with Gasteiger partial charge in [-0.2, -0.15) is 0 Å². The summed E-state index contributed by atoms with van der Waals surface area (Å²) in [6.07, 6.45) is 2.37. The lowest BCUT2D eigenvalue weighted by Gasteiger charge is -2.28. The molecule has 1 aliphatic rings. The number of nitrogens with two attached hydrogens (primary N) is 1. The van der Waals surface area contributed by atoms with Crippen LogP contribution in [0.1, 0.15) is 40.0 Å². The highest BCUT2D eigenvalue weighted by atomic mass is 16.4. The lowest BCUT2D eigenvalue weighted by Crippen LogP contribution is -2.50. The highest BCUT2D eigenvalue weighted by Crippen LogP contribution is 2.32. The van der Waals surface area contributed by atoms with Gasteiger partial charge in [0.05, 0.1) is 0 Å². The number of nitrogens with one attached hydrogen (secondary N) is 1. The second-order valence-electron chi connectivity index (χ2n) is 5.91. The molecular formula is C12H22N2O3. The van der Waals surface area contributed by atoms with Crippen molar-refractivity contribution in [1.82, 2.24) is 5.32 Å². The van der Waals surface area contributed by atoms with Gasteiger partial charge in [-0.15, -0.1) is 0 Å². The molecule has 17 heavy (non-hydrogen) atoms. The van der Waals surface area contributed by atoms with Gasteiger partial charge in [0.25, 0.3) is 0 Å². The molecule has 0 aromatic carbocycles. The predicted molar refractivity (Wildman–Crippen MR) is 64.3 cm³/mol. The highest BCUT2D eigenvalue weighted by molar-refractivity contribution is 5.84. The van der Waals surface area contributed by atoms with Gasteiger partial charge in [0.15, 0.2) is 0 Å². The second-order valence-corrected chi connectivity index (χ2v) is 5.91. The molecule has 1 unspecified atom stereocenters. The zero-order valence-electron chi connectivity index (χ0n) is 10.7. The maximum absolute atomic E-state index is 11.7. The minimum Gasteiger partial charge on any atom is -0.480 e. The van der Waals surface area contributed by atoms with Gasteiger partial charge in [-0.3, -0.25) is 4.79 Å². The van der Waals surface area contributed by atoms with E-state index < -0.39 is 17.4 Å². The van der Waals surface area contributed by atoms with Crippen LogP contribution in [0.3, 0.4) is 0 Å². The molecule has 0 spiro atoms. The Hall–Kier alpha value is -1.10. The smallest absolute Gasteiger partial charge is 0.326 e. The number of carboxylic acids is 1. The van der Waals surface area contributed by atoms with Crippen LogP contribution in [0.2, 0.25) is 0 Å². The predicted octanol–water partition coefficient (Wildman–Crippen LogP) is 0.729. The minimum atomic E-state index is -1.01. The van der Waals surface area contributed by atoms with E-state index in [1.54, 1.807) is 20.8 Å². The van der Waals surface area contributed by atoms with E-state index in [9.17, 15) is 9.59 Å². The molecule has 4 N–H and O–H groups in total. The minimum absolute atomic E-state index is 0.135. The molecule has 0 aromatic rings. The fourth-order valence-electron chi connectivity index (χ4n) is 1.77. The van der Waals surface area contributed by atoms with Crippen molar-refractivity contribution >= 4 is 11.9 Å². The average Bonchev–Trinajstić information content (AvgIpc) is 2.94. The van der Waals surface area contributed by atoms with Gasteiger partial charge < -0.3 is 16.2 Å². The molecule has 2 atom stereocenters. The van der Waals surface area contributed by atoms with Crippen molar-refractivity contribution < 1.29 is 14.7 Å². The molecule has 0 bridgehead atoms. The van der Waals surface area contributed by atoms with Crippen molar-refractivity contribution in [2.45, 2.75) is 52.1 Å². The number of carbonyl (C=O) groups is 2. The Labute approximate surface area is 102 Å². The molecule has 0 radical (unpaired) electrons. The Morgan fingerprint density at radius 1 is 1.41 bits per heavy atom. The number of rotatable bonds is 5. The molecule has 0 aromatic heterocycles. The maximum atomic E-state index is 11.7. The van der Waals surface area contributed by atoms with Crippen molar-refractivity contribution in [3.05, 3.63) is 0 Å². The monoisotopic (exact) mass is 242 g/mol. The van der Waals surface area contributed by atoms with Crippen LogP contribution < -0.4 is 11.1 Å². The van der Waals surface area contributed by atoms with Gasteiger partial charge in [0.1, 0.15) is 6.04 Å². The normalized spacial score (nSPS) is 19.5. The van der Waals surface area contributed by atoms with Crippen molar-refractivity contribution in [3.8, 4) is 0 Å². The SMILES string of the molecule is CC(C)(C)[C@H](NC(=O)CC(N)C1CC1)C(=O)O. The van der Waals surface area contributed by atoms with Crippen LogP contribution in [0, 0.1) is 11.3 Å². The Balaban J connectivity index is 2.49. The number of hydrogen-bond acceptors (Lipinski definition) is 3. The van der Waals surface area contributed by atoms with E-state index in [1.807, 2.05) is 0 Å². The molecule has 0 saturated heterocycles. The van der Waals surface area contributed by atoms with Crippen LogP contribution in [0.4, 0.5) is 0 Å². The Morgan fingerprint density at radius 2 is 1.94 bits per heavy atom. The number of hydrogen-bond donors (Lipinski definition) is 3. The molecule has 0 heterocycles. The summed E-state index contributed by atoms with van der Waals surface area (Å²) in [7, 11) is 0. The second kappa shape index (κ2) is 5.04. The third-order valence-corrected chi connectivity index (χ3v) is 3.07. The first-order valence-corrected chi connectivity index (χ1v) is 5.99. The first-order chi connectivity index (χ1) is 7.71. The Bertz CT molecular complexity index is 305. The molecule has 1 amide bonds. The average molecular weight is 242 g/mol. The summed E-state index contributed by atoms with van der Waals surface area (Å²) in [6, 6.07) is -1.01. The fourth-order valence-corrected chi connectivity index (χ4v) is 1.77. The topological polar surface area (TPSA) is 92.4 Å². The number of aliphatic carboxylic acids is 1. The van der Waals surface area contributed by atoms with Crippen LogP contribution in [-0.2, 0) is 9.59 Å². The zero-order valence-corrected chi connectivity index (χ0v) is 10.7. The molecule has 98 valence electrons. The van der Waals surface area contributed by atoms with Gasteiger partial charge in [-0.25, -0.2) is 4.79 Å². The number of carbonyl (C=O) groups excluding carboxylic acids is 1. The largest absolute Gasteiger partial charge is 0.480 e. The van der Waals surface area contributed by atoms with Crippen LogP contribution in [0.25, 0.3) is 0 Å². The first-order valence-electron chi connectivity index (χ1n) is 5.99. The van der Waals surface area contributed by atoms with Gasteiger partial charge >= 0.3 is 5.97 Å². The van der Waals surface area contributed by atoms with Gasteiger partial charge in [0, 0.05) is 12.5 Å². The van der Waals surface area contributed by atoms with Crippen LogP contribution >= 0.6 is 0 Å². The maximum Gasteiger partial charge on any atom is 0.326 e. The third kappa shape index (κ3) is 4.34. The van der Waals surface area contributed by atoms with E-state index >= 15 is 0 Å². The molecule has 1 rings (SSSR count). The van der Waals surface area contributed by atoms with Crippen molar-refractivity contribution in [2.75, 3.05) is 0 Å². The fraction of sp³-hybridized carbons (Fsp3) is 0.833. The van der Waals surface area contributed by atoms with Crippen molar-refractivity contribution in [2.24, 2.45) is 17.1 Å². The number of amides is 1. The first kappa shape index (κ1) is 14.0. The summed E-state index contributed by atoms with van der Waals surface area (Å²) < 4.78 is 0. The lowest BCUT2D eigenvalue weighted by atomic mass is 9.86. The van der Waals surface area contributed by atoms with E-state index in [4.69, 9.17) is 10.8 Å². The standard InChI is InChI=1S/C12H22N2O3/c1-12(2,3)10(11(16)17)14-9(15)6-8(13)7-4-5-7/h7-8,10H,4-6,13H2,1-3H3,(H,14,15)(H,16,17)/t8?,10-/m1/s1. The molecule has 0 aliphatic heterocycles. The lowest BCUT2D eigenvalue weighted by molar-refractivity contribution is -0.145. The van der Waals surface area contributed by atoms with E-state index in [-0.39, 0.29) is 18.4 Å². The summed E-state index contributed by atoms with van der Waals surface area (Å²) in [5.74, 6) is -0.837. The summed E-state index contributed by atoms with van der Waals surface area (Å²) in [6.45, 7) is 5.35. The van der Waals surface area contributed by atoms with Crippen LogP contribution in [-0.4, -0.2) is 29.1 Å². The summed E-state index contributed by atoms with van der Waals surface area (Å²) in [4.78, 5) is 22.8. The van der Waals surface area contributed by atoms with Crippen LogP contribution in [0.15, 0.2) is 0 Å². The third-order valence-electron chi connectivity index (χ3n) is 3.07. The van der Waals surface area contributed by atoms with E-state index in [2.05, 4.69) is 5.32 Å². The van der Waals surface area contributed by atoms with E-state index in [0.29, 0.717) is 5.92 Å². The molecule has 1 fully saturated rings. The van der Waals surface area contributed by atoms with Crippen molar-refractivity contribution in [3.63, 3.8) is 0 Å². The van der Waals surface area contributed by atoms with Crippen LogP contribution in [0.5, 0.6) is 0 Å². The molecule has 5 nitrogen and oxygen atoms in total. The van der Waals surface area contributed by atoms with Gasteiger partial charge in [0.2, 0.25) is 5.91 Å². The van der Waals surface area contributed by atoms with E-state index in [0.717, 1.165) is 12.8 Å². The Morgan fingerprint density at radius 3 is 2.29 bits per heavy atom. The zero-order chi connectivity index (χ0) is 13.2. The molecule has 1 aliphatic carbocycles. The van der Waals surface area contributed by atoms with Crippen molar-refractivity contribution in [1.29, 1.82) is 0 Å².